The Labute approximate surface area is 246 Å². The van der Waals surface area contributed by atoms with Gasteiger partial charge >= 0.3 is 0 Å². The van der Waals surface area contributed by atoms with Crippen LogP contribution in [-0.2, 0) is 0 Å². The summed E-state index contributed by atoms with van der Waals surface area (Å²) in [7, 11) is 3.33. The number of methoxy groups -OCH3 is 2. The molecular formula is C31H24Cl2N2O2S2. The van der Waals surface area contributed by atoms with Gasteiger partial charge in [0.25, 0.3) is 0 Å². The number of thioether (sulfide) groups is 1. The van der Waals surface area contributed by atoms with Crippen LogP contribution in [0.1, 0.15) is 5.56 Å². The zero-order chi connectivity index (χ0) is 27.2. The number of halogens is 2. The molecule has 0 fully saturated rings. The molecule has 0 amide bonds. The van der Waals surface area contributed by atoms with Crippen LogP contribution < -0.4 is 9.47 Å². The van der Waals surface area contributed by atoms with Crippen molar-refractivity contribution in [3.8, 4) is 22.8 Å². The van der Waals surface area contributed by atoms with Crippen LogP contribution >= 0.6 is 46.7 Å². The zero-order valence-corrected chi connectivity index (χ0v) is 24.3. The number of benzene rings is 4. The normalized spacial score (nSPS) is 11.4. The van der Waals surface area contributed by atoms with Crippen LogP contribution in [0.5, 0.6) is 11.5 Å². The Morgan fingerprint density at radius 3 is 1.82 bits per heavy atom. The van der Waals surface area contributed by atoms with E-state index < -0.39 is 0 Å². The first-order valence-corrected chi connectivity index (χ1v) is 14.4. The Bertz CT molecular complexity index is 1570. The molecule has 0 bridgehead atoms. The monoisotopic (exact) mass is 590 g/mol. The first-order chi connectivity index (χ1) is 19.0. The van der Waals surface area contributed by atoms with E-state index >= 15 is 0 Å². The summed E-state index contributed by atoms with van der Waals surface area (Å²) in [5.74, 6) is 1.64. The second-order valence-electron chi connectivity index (χ2n) is 8.37. The number of aromatic nitrogens is 2. The molecule has 0 aliphatic heterocycles. The van der Waals surface area contributed by atoms with Crippen LogP contribution in [0, 0.1) is 0 Å². The van der Waals surface area contributed by atoms with E-state index in [2.05, 4.69) is 11.6 Å². The Morgan fingerprint density at radius 2 is 1.26 bits per heavy atom. The highest BCUT2D eigenvalue weighted by atomic mass is 35.5. The number of hydrogen-bond acceptors (Lipinski definition) is 5. The topological polar surface area (TPSA) is 36.3 Å². The molecule has 0 unspecified atom stereocenters. The standard InChI is InChI=1S/C31H24Cl2N2O2S2/c1-36-25-11-15-27(16-12-25)38-20-29(21-3-7-23(32)8-4-21)35-19-30(39-28-17-13-26(37-2)14-18-28)31(34-35)22-5-9-24(33)10-6-22/h3-20H,1-2H3/b29-20-. The molecule has 8 heteroatoms. The summed E-state index contributed by atoms with van der Waals surface area (Å²) in [6, 6.07) is 31.5. The lowest BCUT2D eigenvalue weighted by Crippen LogP contribution is -1.99. The predicted octanol–water partition coefficient (Wildman–Crippen LogP) is 9.66. The molecule has 4 aromatic carbocycles. The average Bonchev–Trinajstić information content (AvgIpc) is 3.38. The van der Waals surface area contributed by atoms with Gasteiger partial charge in [0.1, 0.15) is 17.2 Å². The van der Waals surface area contributed by atoms with Crippen molar-refractivity contribution in [2.75, 3.05) is 14.2 Å². The molecule has 0 aliphatic rings. The van der Waals surface area contributed by atoms with Crippen molar-refractivity contribution in [2.45, 2.75) is 14.7 Å². The molecule has 0 aliphatic carbocycles. The lowest BCUT2D eigenvalue weighted by atomic mass is 10.2. The molecule has 0 N–H and O–H groups in total. The van der Waals surface area contributed by atoms with Crippen LogP contribution in [0.15, 0.2) is 123 Å². The number of rotatable bonds is 9. The van der Waals surface area contributed by atoms with E-state index in [9.17, 15) is 0 Å². The van der Waals surface area contributed by atoms with Gasteiger partial charge in [-0.05, 0) is 72.8 Å². The summed E-state index contributed by atoms with van der Waals surface area (Å²) in [5, 5.41) is 8.54. The minimum atomic E-state index is 0.680. The maximum Gasteiger partial charge on any atom is 0.118 e. The maximum absolute atomic E-state index is 6.22. The van der Waals surface area contributed by atoms with E-state index in [0.717, 1.165) is 48.7 Å². The van der Waals surface area contributed by atoms with Crippen molar-refractivity contribution in [1.82, 2.24) is 9.78 Å². The highest BCUT2D eigenvalue weighted by Crippen LogP contribution is 2.38. The van der Waals surface area contributed by atoms with E-state index in [4.69, 9.17) is 37.8 Å². The van der Waals surface area contributed by atoms with Gasteiger partial charge in [0.05, 0.1) is 24.8 Å². The third-order valence-corrected chi connectivity index (χ3v) is 8.25. The number of ether oxygens (including phenoxy) is 2. The molecule has 5 rings (SSSR count). The largest absolute Gasteiger partial charge is 0.497 e. The van der Waals surface area contributed by atoms with E-state index in [1.54, 1.807) is 37.7 Å². The molecule has 5 aromatic rings. The third-order valence-electron chi connectivity index (χ3n) is 5.84. The van der Waals surface area contributed by atoms with Gasteiger partial charge in [0.15, 0.2) is 0 Å². The zero-order valence-electron chi connectivity index (χ0n) is 21.2. The highest BCUT2D eigenvalue weighted by Gasteiger charge is 2.16. The fourth-order valence-electron chi connectivity index (χ4n) is 3.79. The molecule has 0 saturated heterocycles. The van der Waals surface area contributed by atoms with Crippen molar-refractivity contribution in [3.63, 3.8) is 0 Å². The lowest BCUT2D eigenvalue weighted by Gasteiger charge is -2.09. The Kier molecular flexibility index (Phi) is 8.89. The average molecular weight is 592 g/mol. The molecule has 1 aromatic heterocycles. The predicted molar refractivity (Wildman–Crippen MR) is 163 cm³/mol. The highest BCUT2D eigenvalue weighted by molar-refractivity contribution is 8.02. The first-order valence-electron chi connectivity index (χ1n) is 12.0. The molecule has 0 saturated carbocycles. The second-order valence-corrected chi connectivity index (χ2v) is 11.3. The third kappa shape index (κ3) is 6.84. The van der Waals surface area contributed by atoms with E-state index in [1.807, 2.05) is 102 Å². The van der Waals surface area contributed by atoms with Crippen LogP contribution in [-0.4, -0.2) is 24.0 Å². The molecule has 0 atom stereocenters. The molecule has 196 valence electrons. The van der Waals surface area contributed by atoms with Crippen LogP contribution in [0.2, 0.25) is 10.0 Å². The van der Waals surface area contributed by atoms with Gasteiger partial charge in [0, 0.05) is 42.6 Å². The van der Waals surface area contributed by atoms with Crippen LogP contribution in [0.25, 0.3) is 17.0 Å². The smallest absolute Gasteiger partial charge is 0.118 e. The van der Waals surface area contributed by atoms with E-state index in [-0.39, 0.29) is 0 Å². The maximum atomic E-state index is 6.22. The fraction of sp³-hybridized carbons (Fsp3) is 0.0645. The minimum absolute atomic E-state index is 0.680. The molecular weight excluding hydrogens is 567 g/mol. The first kappa shape index (κ1) is 27.3. The number of hydrogen-bond donors (Lipinski definition) is 0. The van der Waals surface area contributed by atoms with Gasteiger partial charge in [-0.15, -0.1) is 0 Å². The van der Waals surface area contributed by atoms with Crippen molar-refractivity contribution >= 4 is 52.4 Å². The van der Waals surface area contributed by atoms with Crippen molar-refractivity contribution in [2.24, 2.45) is 0 Å². The van der Waals surface area contributed by atoms with Gasteiger partial charge in [0.2, 0.25) is 0 Å². The fourth-order valence-corrected chi connectivity index (χ4v) is 5.76. The van der Waals surface area contributed by atoms with Gasteiger partial charge in [-0.25, -0.2) is 4.68 Å². The van der Waals surface area contributed by atoms with Crippen LogP contribution in [0.3, 0.4) is 0 Å². The minimum Gasteiger partial charge on any atom is -0.497 e. The Balaban J connectivity index is 1.58. The van der Waals surface area contributed by atoms with Crippen molar-refractivity contribution in [3.05, 3.63) is 124 Å². The summed E-state index contributed by atoms with van der Waals surface area (Å²) in [6.07, 6.45) is 2.06. The SMILES string of the molecule is COc1ccc(S/C=C(/c2ccc(Cl)cc2)n2cc(Sc3ccc(OC)cc3)c(-c3ccc(Cl)cc3)n2)cc1. The van der Waals surface area contributed by atoms with Gasteiger partial charge in [-0.2, -0.15) is 5.10 Å². The Morgan fingerprint density at radius 1 is 0.718 bits per heavy atom. The van der Waals surface area contributed by atoms with Crippen molar-refractivity contribution < 1.29 is 9.47 Å². The molecule has 0 radical (unpaired) electrons. The second kappa shape index (κ2) is 12.7. The van der Waals surface area contributed by atoms with Gasteiger partial charge in [-0.3, -0.25) is 0 Å². The lowest BCUT2D eigenvalue weighted by molar-refractivity contribution is 0.414. The molecule has 0 spiro atoms. The summed E-state index contributed by atoms with van der Waals surface area (Å²) < 4.78 is 12.6. The van der Waals surface area contributed by atoms with Crippen molar-refractivity contribution in [1.29, 1.82) is 0 Å². The summed E-state index contributed by atoms with van der Waals surface area (Å²) in [4.78, 5) is 3.17. The molecule has 39 heavy (non-hydrogen) atoms. The summed E-state index contributed by atoms with van der Waals surface area (Å²) >= 11 is 15.7. The molecule has 1 heterocycles. The van der Waals surface area contributed by atoms with Gasteiger partial charge in [-0.1, -0.05) is 71.0 Å². The van der Waals surface area contributed by atoms with Gasteiger partial charge < -0.3 is 9.47 Å². The number of nitrogens with zero attached hydrogens (tertiary/aromatic N) is 2. The van der Waals surface area contributed by atoms with Crippen LogP contribution in [0.4, 0.5) is 0 Å². The summed E-state index contributed by atoms with van der Waals surface area (Å²) in [6.45, 7) is 0. The quantitative estimate of drug-likeness (QED) is 0.160. The van der Waals surface area contributed by atoms with E-state index in [0.29, 0.717) is 10.0 Å². The van der Waals surface area contributed by atoms with E-state index in [1.165, 1.54) is 0 Å². The summed E-state index contributed by atoms with van der Waals surface area (Å²) in [5.41, 5.74) is 3.75. The molecule has 4 nitrogen and oxygen atoms in total. The Hall–Kier alpha value is -3.29.